The van der Waals surface area contributed by atoms with Gasteiger partial charge in [0.15, 0.2) is 0 Å². The molecule has 0 bridgehead atoms. The van der Waals surface area contributed by atoms with Gasteiger partial charge in [-0.2, -0.15) is 0 Å². The van der Waals surface area contributed by atoms with Crippen LogP contribution >= 0.6 is 23.4 Å². The summed E-state index contributed by atoms with van der Waals surface area (Å²) in [5, 5.41) is 0. The van der Waals surface area contributed by atoms with Gasteiger partial charge in [0.1, 0.15) is 0 Å². The Bertz CT molecular complexity index is 240. The highest BCUT2D eigenvalue weighted by Crippen LogP contribution is 2.21. The molecule has 0 saturated carbocycles. The van der Waals surface area contributed by atoms with Crippen molar-refractivity contribution in [2.24, 2.45) is 0 Å². The Labute approximate surface area is 82.5 Å². The first-order valence-corrected chi connectivity index (χ1v) is 5.46. The average Bonchev–Trinajstić information content (AvgIpc) is 2.09. The molecule has 0 spiro atoms. The minimum Gasteiger partial charge on any atom is -0.264 e. The lowest BCUT2D eigenvalue weighted by Crippen LogP contribution is -1.84. The summed E-state index contributed by atoms with van der Waals surface area (Å²) in [6.07, 6.45) is 4.78. The third-order valence-electron chi connectivity index (χ3n) is 1.50. The van der Waals surface area contributed by atoms with Gasteiger partial charge in [-0.1, -0.05) is 0 Å². The van der Waals surface area contributed by atoms with Crippen molar-refractivity contribution in [1.82, 2.24) is 4.98 Å². The third kappa shape index (κ3) is 3.03. The van der Waals surface area contributed by atoms with Gasteiger partial charge < -0.3 is 0 Å². The molecule has 0 radical (unpaired) electrons. The first-order chi connectivity index (χ1) is 5.84. The summed E-state index contributed by atoms with van der Waals surface area (Å²) in [4.78, 5) is 5.35. The second-order valence-electron chi connectivity index (χ2n) is 2.53. The van der Waals surface area contributed by atoms with Gasteiger partial charge in [0, 0.05) is 23.2 Å². The van der Waals surface area contributed by atoms with Gasteiger partial charge >= 0.3 is 0 Å². The summed E-state index contributed by atoms with van der Waals surface area (Å²) in [5.74, 6) is 1.84. The highest BCUT2D eigenvalue weighted by Gasteiger charge is 1.96. The van der Waals surface area contributed by atoms with Crippen LogP contribution in [0.15, 0.2) is 23.4 Å². The molecular weight excluding hydrogens is 190 g/mol. The van der Waals surface area contributed by atoms with Crippen molar-refractivity contribution in [3.63, 3.8) is 0 Å². The largest absolute Gasteiger partial charge is 0.264 e. The molecule has 0 aliphatic heterocycles. The Hall–Kier alpha value is -0.210. The SMILES string of the molecule is Cc1cnccc1SCCCCl. The second kappa shape index (κ2) is 5.44. The van der Waals surface area contributed by atoms with Crippen molar-refractivity contribution in [1.29, 1.82) is 0 Å². The fraction of sp³-hybridized carbons (Fsp3) is 0.444. The zero-order chi connectivity index (χ0) is 8.81. The highest BCUT2D eigenvalue weighted by molar-refractivity contribution is 7.99. The predicted molar refractivity (Wildman–Crippen MR) is 55.0 cm³/mol. The van der Waals surface area contributed by atoms with E-state index in [9.17, 15) is 0 Å². The van der Waals surface area contributed by atoms with E-state index in [1.54, 1.807) is 0 Å². The van der Waals surface area contributed by atoms with Crippen LogP contribution in [0.2, 0.25) is 0 Å². The van der Waals surface area contributed by atoms with Crippen LogP contribution in [0.25, 0.3) is 0 Å². The van der Waals surface area contributed by atoms with Crippen molar-refractivity contribution in [3.05, 3.63) is 24.0 Å². The first-order valence-electron chi connectivity index (χ1n) is 3.94. The van der Waals surface area contributed by atoms with E-state index in [4.69, 9.17) is 11.6 Å². The van der Waals surface area contributed by atoms with E-state index in [-0.39, 0.29) is 0 Å². The molecule has 0 aliphatic carbocycles. The topological polar surface area (TPSA) is 12.9 Å². The zero-order valence-corrected chi connectivity index (χ0v) is 8.66. The average molecular weight is 202 g/mol. The molecular formula is C9H12ClNS. The summed E-state index contributed by atoms with van der Waals surface area (Å²) in [6.45, 7) is 2.08. The maximum absolute atomic E-state index is 5.58. The molecule has 1 aromatic heterocycles. The standard InChI is InChI=1S/C9H12ClNS/c1-8-7-11-5-3-9(8)12-6-2-4-10/h3,5,7H,2,4,6H2,1H3. The predicted octanol–water partition coefficient (Wildman–Crippen LogP) is 3.11. The van der Waals surface area contributed by atoms with E-state index in [0.717, 1.165) is 18.1 Å². The van der Waals surface area contributed by atoms with Gasteiger partial charge in [-0.05, 0) is 30.7 Å². The number of halogens is 1. The minimum absolute atomic E-state index is 0.747. The van der Waals surface area contributed by atoms with Crippen molar-refractivity contribution in [2.45, 2.75) is 18.2 Å². The van der Waals surface area contributed by atoms with Gasteiger partial charge in [-0.15, -0.1) is 23.4 Å². The number of alkyl halides is 1. The van der Waals surface area contributed by atoms with Crippen LogP contribution < -0.4 is 0 Å². The van der Waals surface area contributed by atoms with Crippen LogP contribution in [0.3, 0.4) is 0 Å². The maximum atomic E-state index is 5.58. The van der Waals surface area contributed by atoms with Crippen molar-refractivity contribution in [2.75, 3.05) is 11.6 Å². The summed E-state index contributed by atoms with van der Waals surface area (Å²) >= 11 is 7.43. The Kier molecular flexibility index (Phi) is 4.48. The van der Waals surface area contributed by atoms with Crippen LogP contribution in [0, 0.1) is 6.92 Å². The van der Waals surface area contributed by atoms with Crippen molar-refractivity contribution in [3.8, 4) is 0 Å². The van der Waals surface area contributed by atoms with Crippen LogP contribution in [-0.4, -0.2) is 16.6 Å². The van der Waals surface area contributed by atoms with E-state index in [2.05, 4.69) is 11.9 Å². The monoisotopic (exact) mass is 201 g/mol. The summed E-state index contributed by atoms with van der Waals surface area (Å²) < 4.78 is 0. The van der Waals surface area contributed by atoms with Crippen LogP contribution in [0.4, 0.5) is 0 Å². The second-order valence-corrected chi connectivity index (χ2v) is 4.05. The smallest absolute Gasteiger partial charge is 0.0308 e. The fourth-order valence-electron chi connectivity index (χ4n) is 0.859. The summed E-state index contributed by atoms with van der Waals surface area (Å²) in [7, 11) is 0. The number of thioether (sulfide) groups is 1. The van der Waals surface area contributed by atoms with Gasteiger partial charge in [-0.3, -0.25) is 4.98 Å². The maximum Gasteiger partial charge on any atom is 0.0308 e. The number of hydrogen-bond donors (Lipinski definition) is 0. The Balaban J connectivity index is 2.46. The van der Waals surface area contributed by atoms with Gasteiger partial charge in [-0.25, -0.2) is 0 Å². The molecule has 66 valence electrons. The third-order valence-corrected chi connectivity index (χ3v) is 3.03. The number of nitrogens with zero attached hydrogens (tertiary/aromatic N) is 1. The summed E-state index contributed by atoms with van der Waals surface area (Å²) in [5.41, 5.74) is 1.25. The minimum atomic E-state index is 0.747. The van der Waals surface area contributed by atoms with Crippen molar-refractivity contribution < 1.29 is 0 Å². The fourth-order valence-corrected chi connectivity index (χ4v) is 2.10. The molecule has 0 fully saturated rings. The molecule has 0 aromatic carbocycles. The molecule has 0 N–H and O–H groups in total. The number of aryl methyl sites for hydroxylation is 1. The molecule has 12 heavy (non-hydrogen) atoms. The van der Waals surface area contributed by atoms with Crippen molar-refractivity contribution >= 4 is 23.4 Å². The van der Waals surface area contributed by atoms with Gasteiger partial charge in [0.05, 0.1) is 0 Å². The van der Waals surface area contributed by atoms with Crippen LogP contribution in [0.1, 0.15) is 12.0 Å². The number of pyridine rings is 1. The lowest BCUT2D eigenvalue weighted by Gasteiger charge is -2.02. The Morgan fingerprint density at radius 1 is 1.58 bits per heavy atom. The first kappa shape index (κ1) is 9.87. The number of rotatable bonds is 4. The van der Waals surface area contributed by atoms with Crippen LogP contribution in [-0.2, 0) is 0 Å². The van der Waals surface area contributed by atoms with E-state index >= 15 is 0 Å². The van der Waals surface area contributed by atoms with Gasteiger partial charge in [0.2, 0.25) is 0 Å². The van der Waals surface area contributed by atoms with E-state index < -0.39 is 0 Å². The van der Waals surface area contributed by atoms with Crippen LogP contribution in [0.5, 0.6) is 0 Å². The lowest BCUT2D eigenvalue weighted by atomic mass is 10.3. The quantitative estimate of drug-likeness (QED) is 0.422. The van der Waals surface area contributed by atoms with E-state index in [0.29, 0.717) is 0 Å². The molecule has 0 aliphatic rings. The molecule has 1 heterocycles. The van der Waals surface area contributed by atoms with Gasteiger partial charge in [0.25, 0.3) is 0 Å². The highest BCUT2D eigenvalue weighted by atomic mass is 35.5. The molecule has 0 unspecified atom stereocenters. The molecule has 3 heteroatoms. The Morgan fingerprint density at radius 3 is 3.08 bits per heavy atom. The molecule has 0 atom stereocenters. The number of aromatic nitrogens is 1. The summed E-state index contributed by atoms with van der Waals surface area (Å²) in [6, 6.07) is 2.05. The lowest BCUT2D eigenvalue weighted by molar-refractivity contribution is 1.11. The van der Waals surface area contributed by atoms with E-state index in [1.165, 1.54) is 10.5 Å². The zero-order valence-electron chi connectivity index (χ0n) is 7.09. The molecule has 1 rings (SSSR count). The number of hydrogen-bond acceptors (Lipinski definition) is 2. The molecule has 1 nitrogen and oxygen atoms in total. The van der Waals surface area contributed by atoms with E-state index in [1.807, 2.05) is 30.2 Å². The Morgan fingerprint density at radius 2 is 2.42 bits per heavy atom. The molecule has 0 saturated heterocycles. The normalized spacial score (nSPS) is 10.2. The molecule has 1 aromatic rings. The molecule has 0 amide bonds.